The van der Waals surface area contributed by atoms with Crippen LogP contribution < -0.4 is 5.32 Å². The number of halogens is 3. The fraction of sp³-hybridized carbons (Fsp3) is 1.00. The normalized spacial score (nSPS) is 23.6. The maximum absolute atomic E-state index is 12.1. The first-order chi connectivity index (χ1) is 8.01. The highest BCUT2D eigenvalue weighted by Crippen LogP contribution is 2.21. The lowest BCUT2D eigenvalue weighted by Crippen LogP contribution is -2.38. The quantitative estimate of drug-likeness (QED) is 0.809. The molecule has 0 aromatic heterocycles. The largest absolute Gasteiger partial charge is 0.389 e. The first kappa shape index (κ1) is 14.8. The molecule has 1 unspecified atom stereocenters. The molecule has 2 nitrogen and oxygen atoms in total. The van der Waals surface area contributed by atoms with Crippen LogP contribution in [-0.4, -0.2) is 43.3 Å². The van der Waals surface area contributed by atoms with E-state index in [-0.39, 0.29) is 6.42 Å². The summed E-state index contributed by atoms with van der Waals surface area (Å²) in [5.41, 5.74) is 0. The second kappa shape index (κ2) is 7.21. The first-order valence-electron chi connectivity index (χ1n) is 6.54. The van der Waals surface area contributed by atoms with Gasteiger partial charge in [0.25, 0.3) is 0 Å². The third kappa shape index (κ3) is 6.88. The average Bonchev–Trinajstić information content (AvgIpc) is 2.42. The molecule has 0 amide bonds. The summed E-state index contributed by atoms with van der Waals surface area (Å²) in [6.45, 7) is 5.51. The van der Waals surface area contributed by atoms with Crippen molar-refractivity contribution in [1.29, 1.82) is 0 Å². The van der Waals surface area contributed by atoms with Gasteiger partial charge in [-0.15, -0.1) is 0 Å². The minimum absolute atomic E-state index is 0.225. The predicted molar refractivity (Wildman–Crippen MR) is 63.0 cm³/mol. The highest BCUT2D eigenvalue weighted by molar-refractivity contribution is 4.76. The van der Waals surface area contributed by atoms with E-state index in [9.17, 15) is 13.2 Å². The maximum Gasteiger partial charge on any atom is 0.389 e. The number of rotatable bonds is 5. The van der Waals surface area contributed by atoms with Crippen molar-refractivity contribution in [1.82, 2.24) is 10.2 Å². The molecule has 0 aliphatic carbocycles. The van der Waals surface area contributed by atoms with E-state index >= 15 is 0 Å². The lowest BCUT2D eigenvalue weighted by Gasteiger charge is -2.24. The molecule has 1 aliphatic rings. The van der Waals surface area contributed by atoms with Crippen LogP contribution in [0.5, 0.6) is 0 Å². The summed E-state index contributed by atoms with van der Waals surface area (Å²) < 4.78 is 36.2. The van der Waals surface area contributed by atoms with Gasteiger partial charge < -0.3 is 10.2 Å². The standard InChI is InChI=1S/C12H23F3N2/c1-2-5-11-10-17(9-4-7-16-11)8-3-6-12(13,14)15/h11,16H,2-10H2,1H3. The zero-order chi connectivity index (χ0) is 12.7. The fourth-order valence-electron chi connectivity index (χ4n) is 2.32. The van der Waals surface area contributed by atoms with Gasteiger partial charge in [-0.1, -0.05) is 13.3 Å². The Kier molecular flexibility index (Phi) is 6.27. The summed E-state index contributed by atoms with van der Waals surface area (Å²) >= 11 is 0. The molecule has 1 fully saturated rings. The van der Waals surface area contributed by atoms with Crippen molar-refractivity contribution in [3.63, 3.8) is 0 Å². The molecule has 1 N–H and O–H groups in total. The van der Waals surface area contributed by atoms with E-state index in [2.05, 4.69) is 17.1 Å². The van der Waals surface area contributed by atoms with Crippen LogP contribution in [0.25, 0.3) is 0 Å². The van der Waals surface area contributed by atoms with E-state index in [1.165, 1.54) is 0 Å². The van der Waals surface area contributed by atoms with Gasteiger partial charge in [0, 0.05) is 19.0 Å². The number of nitrogens with one attached hydrogen (secondary N) is 1. The van der Waals surface area contributed by atoms with Gasteiger partial charge in [-0.25, -0.2) is 0 Å². The van der Waals surface area contributed by atoms with Gasteiger partial charge in [-0.2, -0.15) is 13.2 Å². The third-order valence-corrected chi connectivity index (χ3v) is 3.13. The van der Waals surface area contributed by atoms with Crippen molar-refractivity contribution in [2.75, 3.05) is 26.2 Å². The summed E-state index contributed by atoms with van der Waals surface area (Å²) in [5.74, 6) is 0. The van der Waals surface area contributed by atoms with Crippen LogP contribution in [0.15, 0.2) is 0 Å². The molecule has 0 aromatic rings. The summed E-state index contributed by atoms with van der Waals surface area (Å²) in [7, 11) is 0. The monoisotopic (exact) mass is 252 g/mol. The van der Waals surface area contributed by atoms with E-state index in [4.69, 9.17) is 0 Å². The second-order valence-electron chi connectivity index (χ2n) is 4.81. The molecule has 0 bridgehead atoms. The Balaban J connectivity index is 2.26. The zero-order valence-corrected chi connectivity index (χ0v) is 10.5. The minimum Gasteiger partial charge on any atom is -0.313 e. The van der Waals surface area contributed by atoms with Gasteiger partial charge in [-0.3, -0.25) is 0 Å². The molecule has 0 radical (unpaired) electrons. The number of nitrogens with zero attached hydrogens (tertiary/aromatic N) is 1. The number of hydrogen-bond acceptors (Lipinski definition) is 2. The molecule has 1 heterocycles. The van der Waals surface area contributed by atoms with Crippen LogP contribution in [0.3, 0.4) is 0 Å². The van der Waals surface area contributed by atoms with E-state index in [1.54, 1.807) is 0 Å². The topological polar surface area (TPSA) is 15.3 Å². The van der Waals surface area contributed by atoms with Crippen LogP contribution >= 0.6 is 0 Å². The number of alkyl halides is 3. The van der Waals surface area contributed by atoms with E-state index in [0.29, 0.717) is 12.6 Å². The predicted octanol–water partition coefficient (Wildman–Crippen LogP) is 2.79. The van der Waals surface area contributed by atoms with Crippen molar-refractivity contribution in [3.05, 3.63) is 0 Å². The highest BCUT2D eigenvalue weighted by Gasteiger charge is 2.27. The lowest BCUT2D eigenvalue weighted by molar-refractivity contribution is -0.136. The van der Waals surface area contributed by atoms with Gasteiger partial charge in [0.15, 0.2) is 0 Å². The van der Waals surface area contributed by atoms with Crippen LogP contribution in [0, 0.1) is 0 Å². The van der Waals surface area contributed by atoms with Crippen LogP contribution in [-0.2, 0) is 0 Å². The lowest BCUT2D eigenvalue weighted by atomic mass is 10.1. The Labute approximate surface area is 102 Å². The van der Waals surface area contributed by atoms with Crippen LogP contribution in [0.1, 0.15) is 39.0 Å². The van der Waals surface area contributed by atoms with E-state index < -0.39 is 12.6 Å². The third-order valence-electron chi connectivity index (χ3n) is 3.13. The molecule has 0 aromatic carbocycles. The molecular formula is C12H23F3N2. The van der Waals surface area contributed by atoms with Gasteiger partial charge in [0.1, 0.15) is 0 Å². The molecule has 1 saturated heterocycles. The van der Waals surface area contributed by atoms with Gasteiger partial charge in [0.2, 0.25) is 0 Å². The second-order valence-corrected chi connectivity index (χ2v) is 4.81. The molecule has 5 heteroatoms. The molecule has 102 valence electrons. The van der Waals surface area contributed by atoms with Crippen LogP contribution in [0.2, 0.25) is 0 Å². The van der Waals surface area contributed by atoms with E-state index in [1.807, 2.05) is 0 Å². The van der Waals surface area contributed by atoms with Crippen molar-refractivity contribution >= 4 is 0 Å². The van der Waals surface area contributed by atoms with Gasteiger partial charge >= 0.3 is 6.18 Å². The highest BCUT2D eigenvalue weighted by atomic mass is 19.4. The Morgan fingerprint density at radius 3 is 2.76 bits per heavy atom. The minimum atomic E-state index is -4.01. The van der Waals surface area contributed by atoms with Crippen molar-refractivity contribution in [3.8, 4) is 0 Å². The molecule has 0 spiro atoms. The van der Waals surface area contributed by atoms with Gasteiger partial charge in [0.05, 0.1) is 0 Å². The van der Waals surface area contributed by atoms with E-state index in [0.717, 1.165) is 38.9 Å². The maximum atomic E-state index is 12.1. The fourth-order valence-corrected chi connectivity index (χ4v) is 2.32. The molecule has 1 atom stereocenters. The molecular weight excluding hydrogens is 229 g/mol. The molecule has 1 rings (SSSR count). The SMILES string of the molecule is CCCC1CN(CCCC(F)(F)F)CCCN1. The molecule has 1 aliphatic heterocycles. The molecule has 17 heavy (non-hydrogen) atoms. The van der Waals surface area contributed by atoms with Crippen molar-refractivity contribution in [2.45, 2.75) is 51.2 Å². The van der Waals surface area contributed by atoms with Crippen molar-refractivity contribution in [2.24, 2.45) is 0 Å². The summed E-state index contributed by atoms with van der Waals surface area (Å²) in [6.07, 6.45) is -1.18. The number of hydrogen-bond donors (Lipinski definition) is 1. The van der Waals surface area contributed by atoms with Crippen molar-refractivity contribution < 1.29 is 13.2 Å². The molecule has 0 saturated carbocycles. The summed E-state index contributed by atoms with van der Waals surface area (Å²) in [6, 6.07) is 0.452. The van der Waals surface area contributed by atoms with Gasteiger partial charge in [-0.05, 0) is 38.9 Å². The Morgan fingerprint density at radius 1 is 1.35 bits per heavy atom. The zero-order valence-electron chi connectivity index (χ0n) is 10.5. The first-order valence-corrected chi connectivity index (χ1v) is 6.54. The Morgan fingerprint density at radius 2 is 2.12 bits per heavy atom. The van der Waals surface area contributed by atoms with Crippen LogP contribution in [0.4, 0.5) is 13.2 Å². The smallest absolute Gasteiger partial charge is 0.313 e. The summed E-state index contributed by atoms with van der Waals surface area (Å²) in [5, 5.41) is 3.46. The average molecular weight is 252 g/mol. The summed E-state index contributed by atoms with van der Waals surface area (Å²) in [4.78, 5) is 2.17. The Bertz CT molecular complexity index is 206. The Hall–Kier alpha value is -0.290.